The van der Waals surface area contributed by atoms with Crippen molar-refractivity contribution in [3.63, 3.8) is 0 Å². The van der Waals surface area contributed by atoms with E-state index < -0.39 is 11.9 Å². The predicted molar refractivity (Wildman–Crippen MR) is 82.8 cm³/mol. The Hall–Kier alpha value is -1.89. The first-order valence-electron chi connectivity index (χ1n) is 7.18. The van der Waals surface area contributed by atoms with E-state index in [-0.39, 0.29) is 17.3 Å². The van der Waals surface area contributed by atoms with Gasteiger partial charge in [-0.2, -0.15) is 13.2 Å². The van der Waals surface area contributed by atoms with Gasteiger partial charge in [-0.25, -0.2) is 4.98 Å². The van der Waals surface area contributed by atoms with Crippen LogP contribution in [0.15, 0.2) is 17.5 Å². The summed E-state index contributed by atoms with van der Waals surface area (Å²) in [6.45, 7) is 4.57. The molecule has 0 bridgehead atoms. The van der Waals surface area contributed by atoms with E-state index in [1.54, 1.807) is 4.90 Å². The summed E-state index contributed by atoms with van der Waals surface area (Å²) in [5.41, 5.74) is 3.31. The van der Waals surface area contributed by atoms with Gasteiger partial charge in [-0.05, 0) is 43.0 Å². The Labute approximate surface area is 135 Å². The van der Waals surface area contributed by atoms with Gasteiger partial charge in [0.05, 0.1) is 6.42 Å². The standard InChI is InChI=1S/C16H15F3N2OS/c1-9-5-11-3-4-21(12(11)6-10(9)2)15(22)7-14-20-13(8-23-14)16(17,18)19/h5-6,8H,3-4,7H2,1-2H3. The van der Waals surface area contributed by atoms with Crippen LogP contribution in [0.4, 0.5) is 18.9 Å². The Morgan fingerprint density at radius 1 is 1.30 bits per heavy atom. The second kappa shape index (κ2) is 5.63. The number of carbonyl (C=O) groups excluding carboxylic acids is 1. The predicted octanol–water partition coefficient (Wildman–Crippen LogP) is 3.91. The van der Waals surface area contributed by atoms with Crippen LogP contribution in [-0.4, -0.2) is 17.4 Å². The van der Waals surface area contributed by atoms with E-state index >= 15 is 0 Å². The summed E-state index contributed by atoms with van der Waals surface area (Å²) in [6.07, 6.45) is -3.80. The van der Waals surface area contributed by atoms with E-state index in [4.69, 9.17) is 0 Å². The Bertz CT molecular complexity index is 767. The average Bonchev–Trinajstić information content (AvgIpc) is 3.06. The monoisotopic (exact) mass is 340 g/mol. The first kappa shape index (κ1) is 16.0. The maximum absolute atomic E-state index is 12.6. The molecule has 1 aliphatic rings. The highest BCUT2D eigenvalue weighted by Gasteiger charge is 2.34. The summed E-state index contributed by atoms with van der Waals surface area (Å²) in [7, 11) is 0. The Morgan fingerprint density at radius 3 is 2.65 bits per heavy atom. The summed E-state index contributed by atoms with van der Waals surface area (Å²) in [6, 6.07) is 4.04. The van der Waals surface area contributed by atoms with E-state index in [1.165, 1.54) is 5.56 Å². The van der Waals surface area contributed by atoms with E-state index in [0.29, 0.717) is 6.54 Å². The van der Waals surface area contributed by atoms with Crippen molar-refractivity contribution in [3.05, 3.63) is 44.9 Å². The molecule has 1 aliphatic heterocycles. The van der Waals surface area contributed by atoms with Crippen molar-refractivity contribution in [2.24, 2.45) is 0 Å². The lowest BCUT2D eigenvalue weighted by molar-refractivity contribution is -0.140. The number of alkyl halides is 3. The first-order chi connectivity index (χ1) is 10.8. The van der Waals surface area contributed by atoms with Gasteiger partial charge in [0.2, 0.25) is 5.91 Å². The third-order valence-electron chi connectivity index (χ3n) is 4.04. The van der Waals surface area contributed by atoms with Crippen LogP contribution in [0.25, 0.3) is 0 Å². The molecule has 0 spiro atoms. The number of carbonyl (C=O) groups is 1. The molecule has 1 aromatic carbocycles. The van der Waals surface area contributed by atoms with Crippen LogP contribution in [0.3, 0.4) is 0 Å². The highest BCUT2D eigenvalue weighted by Crippen LogP contribution is 2.33. The summed E-state index contributed by atoms with van der Waals surface area (Å²) < 4.78 is 37.7. The van der Waals surface area contributed by atoms with Gasteiger partial charge in [0, 0.05) is 17.6 Å². The van der Waals surface area contributed by atoms with Gasteiger partial charge in [0.15, 0.2) is 5.69 Å². The molecule has 1 amide bonds. The third kappa shape index (κ3) is 3.10. The van der Waals surface area contributed by atoms with Crippen LogP contribution in [0.1, 0.15) is 27.4 Å². The quantitative estimate of drug-likeness (QED) is 0.830. The van der Waals surface area contributed by atoms with Crippen LogP contribution >= 0.6 is 11.3 Å². The molecule has 0 saturated heterocycles. The fourth-order valence-corrected chi connectivity index (χ4v) is 3.46. The van der Waals surface area contributed by atoms with E-state index in [0.717, 1.165) is 40.0 Å². The van der Waals surface area contributed by atoms with Crippen LogP contribution < -0.4 is 4.90 Å². The largest absolute Gasteiger partial charge is 0.434 e. The van der Waals surface area contributed by atoms with Gasteiger partial charge in [0.25, 0.3) is 0 Å². The van der Waals surface area contributed by atoms with Crippen molar-refractivity contribution in [1.29, 1.82) is 0 Å². The zero-order valence-electron chi connectivity index (χ0n) is 12.7. The number of hydrogen-bond acceptors (Lipinski definition) is 3. The van der Waals surface area contributed by atoms with Crippen LogP contribution in [0.2, 0.25) is 0 Å². The molecule has 0 fully saturated rings. The van der Waals surface area contributed by atoms with Crippen molar-refractivity contribution in [1.82, 2.24) is 4.98 Å². The summed E-state index contributed by atoms with van der Waals surface area (Å²) >= 11 is 0.872. The van der Waals surface area contributed by atoms with E-state index in [1.807, 2.05) is 19.9 Å². The molecule has 2 aromatic rings. The molecule has 0 unspecified atom stereocenters. The normalized spacial score (nSPS) is 14.2. The highest BCUT2D eigenvalue weighted by molar-refractivity contribution is 7.09. The minimum atomic E-state index is -4.47. The molecule has 2 heterocycles. The SMILES string of the molecule is Cc1cc2c(cc1C)N(C(=O)Cc1nc(C(F)(F)F)cs1)CC2. The van der Waals surface area contributed by atoms with Crippen LogP contribution in [0.5, 0.6) is 0 Å². The molecule has 7 heteroatoms. The summed E-state index contributed by atoms with van der Waals surface area (Å²) in [4.78, 5) is 17.6. The fraction of sp³-hybridized carbons (Fsp3) is 0.375. The van der Waals surface area contributed by atoms with Crippen molar-refractivity contribution in [2.45, 2.75) is 32.9 Å². The highest BCUT2D eigenvalue weighted by atomic mass is 32.1. The van der Waals surface area contributed by atoms with Gasteiger partial charge in [-0.1, -0.05) is 6.07 Å². The molecular weight excluding hydrogens is 325 g/mol. The summed E-state index contributed by atoms with van der Waals surface area (Å²) in [5.74, 6) is -0.213. The molecule has 1 aromatic heterocycles. The number of nitrogens with zero attached hydrogens (tertiary/aromatic N) is 2. The van der Waals surface area contributed by atoms with Gasteiger partial charge in [0.1, 0.15) is 5.01 Å². The topological polar surface area (TPSA) is 33.2 Å². The smallest absolute Gasteiger partial charge is 0.311 e. The number of aryl methyl sites for hydroxylation is 2. The molecular formula is C16H15F3N2OS. The van der Waals surface area contributed by atoms with Gasteiger partial charge >= 0.3 is 6.18 Å². The molecule has 3 nitrogen and oxygen atoms in total. The van der Waals surface area contributed by atoms with Gasteiger partial charge in [-0.15, -0.1) is 11.3 Å². The van der Waals surface area contributed by atoms with Gasteiger partial charge < -0.3 is 4.90 Å². The van der Waals surface area contributed by atoms with E-state index in [2.05, 4.69) is 11.1 Å². The van der Waals surface area contributed by atoms with Crippen LogP contribution in [-0.2, 0) is 23.8 Å². The first-order valence-corrected chi connectivity index (χ1v) is 8.06. The van der Waals surface area contributed by atoms with E-state index in [9.17, 15) is 18.0 Å². The zero-order chi connectivity index (χ0) is 16.8. The van der Waals surface area contributed by atoms with Crippen LogP contribution in [0, 0.1) is 13.8 Å². The molecule has 23 heavy (non-hydrogen) atoms. The number of thiazole rings is 1. The Morgan fingerprint density at radius 2 is 2.00 bits per heavy atom. The molecule has 0 N–H and O–H groups in total. The Kier molecular flexibility index (Phi) is 3.91. The van der Waals surface area contributed by atoms with Crippen molar-refractivity contribution < 1.29 is 18.0 Å². The van der Waals surface area contributed by atoms with Gasteiger partial charge in [-0.3, -0.25) is 4.79 Å². The second-order valence-corrected chi connectivity index (χ2v) is 6.60. The third-order valence-corrected chi connectivity index (χ3v) is 4.89. The molecule has 0 aliphatic carbocycles. The second-order valence-electron chi connectivity index (χ2n) is 5.66. The average molecular weight is 340 g/mol. The fourth-order valence-electron chi connectivity index (χ4n) is 2.67. The number of hydrogen-bond donors (Lipinski definition) is 0. The minimum Gasteiger partial charge on any atom is -0.311 e. The number of benzene rings is 1. The molecule has 3 rings (SSSR count). The minimum absolute atomic E-state index is 0.104. The molecule has 0 saturated carbocycles. The lowest BCUT2D eigenvalue weighted by Crippen LogP contribution is -2.30. The molecule has 122 valence electrons. The number of aromatic nitrogens is 1. The number of fused-ring (bicyclic) bond motifs is 1. The maximum atomic E-state index is 12.6. The number of amides is 1. The number of rotatable bonds is 2. The van der Waals surface area contributed by atoms with Crippen molar-refractivity contribution >= 4 is 22.9 Å². The lowest BCUT2D eigenvalue weighted by Gasteiger charge is -2.17. The molecule has 0 radical (unpaired) electrons. The summed E-state index contributed by atoms with van der Waals surface area (Å²) in [5, 5.41) is 1.15. The maximum Gasteiger partial charge on any atom is 0.434 e. The van der Waals surface area contributed by atoms with Crippen molar-refractivity contribution in [2.75, 3.05) is 11.4 Å². The number of anilines is 1. The molecule has 0 atom stereocenters. The number of halogens is 3. The Balaban J connectivity index is 1.79. The van der Waals surface area contributed by atoms with Crippen molar-refractivity contribution in [3.8, 4) is 0 Å². The zero-order valence-corrected chi connectivity index (χ0v) is 13.5. The lowest BCUT2D eigenvalue weighted by atomic mass is 10.0.